The van der Waals surface area contributed by atoms with Crippen molar-refractivity contribution in [3.8, 4) is 6.07 Å². The Kier molecular flexibility index (Phi) is 3.35. The van der Waals surface area contributed by atoms with Crippen molar-refractivity contribution >= 4 is 5.91 Å². The van der Waals surface area contributed by atoms with E-state index in [1.807, 2.05) is 24.1 Å². The number of nitrogens with zero attached hydrogens (tertiary/aromatic N) is 4. The van der Waals surface area contributed by atoms with E-state index < -0.39 is 0 Å². The highest BCUT2D eigenvalue weighted by atomic mass is 16.2. The van der Waals surface area contributed by atoms with E-state index in [1.165, 1.54) is 0 Å². The second-order valence-corrected chi connectivity index (χ2v) is 4.15. The van der Waals surface area contributed by atoms with E-state index >= 15 is 0 Å². The number of nitriles is 1. The van der Waals surface area contributed by atoms with Crippen molar-refractivity contribution in [3.63, 3.8) is 0 Å². The molecule has 1 aromatic rings. The van der Waals surface area contributed by atoms with Crippen molar-refractivity contribution in [2.75, 3.05) is 26.7 Å². The summed E-state index contributed by atoms with van der Waals surface area (Å²) < 4.78 is 0. The lowest BCUT2D eigenvalue weighted by atomic mass is 10.2. The molecule has 17 heavy (non-hydrogen) atoms. The SMILES string of the molecule is CN1CCN(Cc2cccnc2C#N)CC1=O. The fraction of sp³-hybridized carbons (Fsp3) is 0.417. The van der Waals surface area contributed by atoms with Crippen molar-refractivity contribution in [3.05, 3.63) is 29.6 Å². The monoisotopic (exact) mass is 230 g/mol. The van der Waals surface area contributed by atoms with E-state index in [9.17, 15) is 4.79 Å². The molecule has 0 aliphatic carbocycles. The fourth-order valence-electron chi connectivity index (χ4n) is 1.85. The van der Waals surface area contributed by atoms with Crippen LogP contribution in [-0.4, -0.2) is 47.4 Å². The molecule has 1 aliphatic rings. The molecule has 2 rings (SSSR count). The van der Waals surface area contributed by atoms with Crippen LogP contribution in [0.1, 0.15) is 11.3 Å². The Morgan fingerprint density at radius 3 is 3.06 bits per heavy atom. The van der Waals surface area contributed by atoms with E-state index in [2.05, 4.69) is 11.1 Å². The summed E-state index contributed by atoms with van der Waals surface area (Å²) in [7, 11) is 1.81. The van der Waals surface area contributed by atoms with Crippen molar-refractivity contribution in [1.82, 2.24) is 14.8 Å². The summed E-state index contributed by atoms with van der Waals surface area (Å²) in [5.74, 6) is 0.124. The second-order valence-electron chi connectivity index (χ2n) is 4.15. The summed E-state index contributed by atoms with van der Waals surface area (Å²) >= 11 is 0. The minimum atomic E-state index is 0.124. The normalized spacial score (nSPS) is 16.9. The fourth-order valence-corrected chi connectivity index (χ4v) is 1.85. The van der Waals surface area contributed by atoms with Crippen LogP contribution in [-0.2, 0) is 11.3 Å². The third-order valence-corrected chi connectivity index (χ3v) is 2.93. The number of carbonyl (C=O) groups is 1. The maximum absolute atomic E-state index is 11.6. The summed E-state index contributed by atoms with van der Waals surface area (Å²) in [6.45, 7) is 2.59. The van der Waals surface area contributed by atoms with Gasteiger partial charge >= 0.3 is 0 Å². The molecular formula is C12H14N4O. The van der Waals surface area contributed by atoms with Crippen LogP contribution in [0.2, 0.25) is 0 Å². The van der Waals surface area contributed by atoms with Crippen LogP contribution in [0.5, 0.6) is 0 Å². The van der Waals surface area contributed by atoms with Gasteiger partial charge in [0.15, 0.2) is 0 Å². The number of hydrogen-bond acceptors (Lipinski definition) is 4. The summed E-state index contributed by atoms with van der Waals surface area (Å²) in [6, 6.07) is 5.77. The van der Waals surface area contributed by atoms with Gasteiger partial charge in [0.25, 0.3) is 0 Å². The molecule has 1 fully saturated rings. The van der Waals surface area contributed by atoms with E-state index in [0.29, 0.717) is 18.8 Å². The van der Waals surface area contributed by atoms with Crippen LogP contribution in [0.25, 0.3) is 0 Å². The first-order chi connectivity index (χ1) is 8.20. The molecule has 1 amide bonds. The molecule has 0 aromatic carbocycles. The average molecular weight is 230 g/mol. The maximum Gasteiger partial charge on any atom is 0.236 e. The van der Waals surface area contributed by atoms with Gasteiger partial charge in [0, 0.05) is 38.4 Å². The molecule has 1 aromatic heterocycles. The Morgan fingerprint density at radius 2 is 2.35 bits per heavy atom. The van der Waals surface area contributed by atoms with Gasteiger partial charge in [-0.05, 0) is 6.07 Å². The Bertz CT molecular complexity index is 466. The smallest absolute Gasteiger partial charge is 0.236 e. The molecule has 0 spiro atoms. The first-order valence-electron chi connectivity index (χ1n) is 5.51. The zero-order chi connectivity index (χ0) is 12.3. The lowest BCUT2D eigenvalue weighted by molar-refractivity contribution is -0.134. The minimum absolute atomic E-state index is 0.124. The highest BCUT2D eigenvalue weighted by molar-refractivity contribution is 5.78. The molecule has 5 heteroatoms. The Hall–Kier alpha value is -1.93. The molecule has 0 radical (unpaired) electrons. The number of carbonyl (C=O) groups excluding carboxylic acids is 1. The third kappa shape index (κ3) is 2.60. The number of amides is 1. The first kappa shape index (κ1) is 11.6. The van der Waals surface area contributed by atoms with Crippen molar-refractivity contribution in [2.45, 2.75) is 6.54 Å². The van der Waals surface area contributed by atoms with Crippen LogP contribution < -0.4 is 0 Å². The molecule has 0 bridgehead atoms. The number of rotatable bonds is 2. The number of hydrogen-bond donors (Lipinski definition) is 0. The van der Waals surface area contributed by atoms with Gasteiger partial charge in [-0.3, -0.25) is 9.69 Å². The Morgan fingerprint density at radius 1 is 1.53 bits per heavy atom. The Balaban J connectivity index is 2.07. The first-order valence-corrected chi connectivity index (χ1v) is 5.51. The largest absolute Gasteiger partial charge is 0.343 e. The van der Waals surface area contributed by atoms with Gasteiger partial charge in [-0.2, -0.15) is 5.26 Å². The highest BCUT2D eigenvalue weighted by Gasteiger charge is 2.21. The molecule has 0 atom stereocenters. The van der Waals surface area contributed by atoms with Gasteiger partial charge in [-0.15, -0.1) is 0 Å². The predicted octanol–water partition coefficient (Wildman–Crippen LogP) is 0.227. The molecule has 0 N–H and O–H groups in total. The van der Waals surface area contributed by atoms with E-state index in [1.54, 1.807) is 11.1 Å². The molecule has 2 heterocycles. The quantitative estimate of drug-likeness (QED) is 0.729. The summed E-state index contributed by atoms with van der Waals surface area (Å²) in [6.07, 6.45) is 1.61. The van der Waals surface area contributed by atoms with Crippen molar-refractivity contribution in [2.24, 2.45) is 0 Å². The summed E-state index contributed by atoms with van der Waals surface area (Å²) in [5, 5.41) is 8.94. The van der Waals surface area contributed by atoms with E-state index in [-0.39, 0.29) is 5.91 Å². The van der Waals surface area contributed by atoms with Crippen LogP contribution in [0, 0.1) is 11.3 Å². The topological polar surface area (TPSA) is 60.2 Å². The predicted molar refractivity (Wildman–Crippen MR) is 61.9 cm³/mol. The van der Waals surface area contributed by atoms with Gasteiger partial charge in [-0.1, -0.05) is 6.07 Å². The van der Waals surface area contributed by atoms with Crippen LogP contribution in [0.4, 0.5) is 0 Å². The van der Waals surface area contributed by atoms with Crippen LogP contribution in [0.15, 0.2) is 18.3 Å². The van der Waals surface area contributed by atoms with Crippen molar-refractivity contribution < 1.29 is 4.79 Å². The molecule has 1 aliphatic heterocycles. The van der Waals surface area contributed by atoms with Crippen LogP contribution >= 0.6 is 0 Å². The van der Waals surface area contributed by atoms with E-state index in [0.717, 1.165) is 18.7 Å². The molecule has 0 saturated carbocycles. The average Bonchev–Trinajstić information content (AvgIpc) is 2.34. The highest BCUT2D eigenvalue weighted by Crippen LogP contribution is 2.10. The maximum atomic E-state index is 11.6. The zero-order valence-corrected chi connectivity index (χ0v) is 9.76. The molecule has 0 unspecified atom stereocenters. The lowest BCUT2D eigenvalue weighted by Crippen LogP contribution is -2.48. The van der Waals surface area contributed by atoms with Crippen molar-refractivity contribution in [1.29, 1.82) is 5.26 Å². The summed E-state index contributed by atoms with van der Waals surface area (Å²) in [5.41, 5.74) is 1.33. The van der Waals surface area contributed by atoms with E-state index in [4.69, 9.17) is 5.26 Å². The van der Waals surface area contributed by atoms with Gasteiger partial charge < -0.3 is 4.90 Å². The van der Waals surface area contributed by atoms with Gasteiger partial charge in [0.1, 0.15) is 11.8 Å². The second kappa shape index (κ2) is 4.93. The minimum Gasteiger partial charge on any atom is -0.343 e. The van der Waals surface area contributed by atoms with Gasteiger partial charge in [0.2, 0.25) is 5.91 Å². The number of pyridine rings is 1. The number of likely N-dealkylation sites (N-methyl/N-ethyl adjacent to an activating group) is 1. The molecule has 1 saturated heterocycles. The summed E-state index contributed by atoms with van der Waals surface area (Å²) in [4.78, 5) is 19.3. The standard InChI is InChI=1S/C12H14N4O/c1-15-5-6-16(9-12(15)17)8-10-3-2-4-14-11(10)7-13/h2-4H,5-6,8-9H2,1H3. The van der Waals surface area contributed by atoms with Crippen LogP contribution in [0.3, 0.4) is 0 Å². The number of piperazine rings is 1. The Labute approximate surface area is 100 Å². The third-order valence-electron chi connectivity index (χ3n) is 2.93. The molecular weight excluding hydrogens is 216 g/mol. The number of aromatic nitrogens is 1. The van der Waals surface area contributed by atoms with Gasteiger partial charge in [0.05, 0.1) is 6.54 Å². The molecule has 88 valence electrons. The van der Waals surface area contributed by atoms with Gasteiger partial charge in [-0.25, -0.2) is 4.98 Å². The zero-order valence-electron chi connectivity index (χ0n) is 9.76. The molecule has 5 nitrogen and oxygen atoms in total. The lowest BCUT2D eigenvalue weighted by Gasteiger charge is -2.31.